The van der Waals surface area contributed by atoms with Crippen molar-refractivity contribution in [2.75, 3.05) is 11.6 Å². The van der Waals surface area contributed by atoms with E-state index in [1.54, 1.807) is 54.3 Å². The third-order valence-electron chi connectivity index (χ3n) is 4.18. The fourth-order valence-electron chi connectivity index (χ4n) is 2.80. The van der Waals surface area contributed by atoms with E-state index >= 15 is 0 Å². The maximum Gasteiger partial charge on any atom is 0.263 e. The highest BCUT2D eigenvalue weighted by Gasteiger charge is 2.31. The maximum absolute atomic E-state index is 12.6. The van der Waals surface area contributed by atoms with Gasteiger partial charge in [-0.25, -0.2) is 13.4 Å². The number of anilines is 1. The molecule has 1 amide bonds. The van der Waals surface area contributed by atoms with Gasteiger partial charge in [0.1, 0.15) is 11.9 Å². The van der Waals surface area contributed by atoms with Crippen molar-refractivity contribution in [1.82, 2.24) is 9.71 Å². The fourth-order valence-corrected chi connectivity index (χ4v) is 5.56. The minimum absolute atomic E-state index is 0.168. The van der Waals surface area contributed by atoms with E-state index in [1.165, 1.54) is 6.07 Å². The van der Waals surface area contributed by atoms with Gasteiger partial charge in [0.25, 0.3) is 10.0 Å². The molecule has 1 aliphatic rings. The number of nitrogens with one attached hydrogen (secondary N) is 2. The highest BCUT2D eigenvalue weighted by atomic mass is 32.2. The molecule has 0 fully saturated rings. The number of thiazole rings is 1. The molecule has 7 nitrogen and oxygen atoms in total. The molecule has 1 aliphatic heterocycles. The molecule has 2 aromatic carbocycles. The molecule has 0 saturated carbocycles. The molecule has 0 bridgehead atoms. The number of benzene rings is 2. The van der Waals surface area contributed by atoms with Crippen LogP contribution in [-0.4, -0.2) is 37.4 Å². The molecule has 3 aromatic rings. The number of carbonyl (C=O) groups is 1. The van der Waals surface area contributed by atoms with Crippen LogP contribution in [0.3, 0.4) is 0 Å². The van der Waals surface area contributed by atoms with Crippen LogP contribution in [0.25, 0.3) is 10.2 Å². The summed E-state index contributed by atoms with van der Waals surface area (Å²) in [4.78, 5) is 21.5. The molecule has 0 saturated heterocycles. The van der Waals surface area contributed by atoms with E-state index < -0.39 is 16.1 Å². The van der Waals surface area contributed by atoms with Crippen LogP contribution >= 0.6 is 23.1 Å². The number of aromatic nitrogens is 1. The van der Waals surface area contributed by atoms with Crippen LogP contribution < -0.4 is 10.0 Å². The molecular formula is C18H16N4O3S3. The van der Waals surface area contributed by atoms with Crippen LogP contribution in [0.2, 0.25) is 0 Å². The molecule has 2 N–H and O–H groups in total. The fraction of sp³-hybridized carbons (Fsp3) is 0.167. The van der Waals surface area contributed by atoms with Crippen molar-refractivity contribution in [3.05, 3.63) is 48.0 Å². The van der Waals surface area contributed by atoms with Crippen molar-refractivity contribution in [2.24, 2.45) is 4.99 Å². The summed E-state index contributed by atoms with van der Waals surface area (Å²) in [6.07, 6.45) is 1.97. The lowest BCUT2D eigenvalue weighted by Crippen LogP contribution is -2.28. The van der Waals surface area contributed by atoms with Crippen molar-refractivity contribution in [2.45, 2.75) is 22.2 Å². The number of thioether (sulfide) groups is 1. The monoisotopic (exact) mass is 432 g/mol. The zero-order chi connectivity index (χ0) is 19.9. The standard InChI is InChI=1S/C18H16N4O3S3/c1-10(19-16-12-5-3-4-6-15(12)28(24,25)22-16)17(23)20-11-7-8-13-14(9-11)27-18(21-13)26-2/h3-10H,1-2H3,(H,19,22)(H,20,23)/t10-/m0/s1. The zero-order valence-corrected chi connectivity index (χ0v) is 17.4. The summed E-state index contributed by atoms with van der Waals surface area (Å²) in [7, 11) is -3.63. The normalized spacial score (nSPS) is 17.3. The lowest BCUT2D eigenvalue weighted by molar-refractivity contribution is -0.117. The van der Waals surface area contributed by atoms with Gasteiger partial charge in [-0.2, -0.15) is 0 Å². The van der Waals surface area contributed by atoms with Crippen LogP contribution in [0.1, 0.15) is 12.5 Å². The number of aliphatic imine (C=N–C) groups is 1. The van der Waals surface area contributed by atoms with Gasteiger partial charge in [-0.3, -0.25) is 14.5 Å². The highest BCUT2D eigenvalue weighted by molar-refractivity contribution is 8.00. The molecule has 0 aliphatic carbocycles. The number of carbonyl (C=O) groups excluding carboxylic acids is 1. The molecule has 1 atom stereocenters. The molecule has 144 valence electrons. The molecule has 2 heterocycles. The summed E-state index contributed by atoms with van der Waals surface area (Å²) >= 11 is 3.14. The second-order valence-corrected chi connectivity index (χ2v) is 9.85. The number of rotatable bonds is 4. The first-order valence-corrected chi connectivity index (χ1v) is 11.9. The van der Waals surface area contributed by atoms with E-state index in [0.717, 1.165) is 14.6 Å². The predicted molar refractivity (Wildman–Crippen MR) is 113 cm³/mol. The Labute approximate surface area is 170 Å². The van der Waals surface area contributed by atoms with Gasteiger partial charge < -0.3 is 5.32 Å². The SMILES string of the molecule is CSc1nc2ccc(NC(=O)[C@H](C)N=C3NS(=O)(=O)c4ccccc43)cc2s1. The Hall–Kier alpha value is -2.43. The number of amides is 1. The van der Waals surface area contributed by atoms with Gasteiger partial charge in [-0.15, -0.1) is 11.3 Å². The summed E-state index contributed by atoms with van der Waals surface area (Å²) in [5.74, 6) is -0.147. The average Bonchev–Trinajstić information content (AvgIpc) is 3.20. The van der Waals surface area contributed by atoms with Gasteiger partial charge in [0.2, 0.25) is 5.91 Å². The van der Waals surface area contributed by atoms with Crippen LogP contribution in [0.5, 0.6) is 0 Å². The Balaban J connectivity index is 1.55. The first-order chi connectivity index (χ1) is 13.4. The number of sulfonamides is 1. The van der Waals surface area contributed by atoms with Crippen molar-refractivity contribution in [1.29, 1.82) is 0 Å². The Morgan fingerprint density at radius 1 is 1.29 bits per heavy atom. The highest BCUT2D eigenvalue weighted by Crippen LogP contribution is 2.30. The quantitative estimate of drug-likeness (QED) is 0.617. The smallest absolute Gasteiger partial charge is 0.263 e. The molecular weight excluding hydrogens is 416 g/mol. The largest absolute Gasteiger partial charge is 0.324 e. The average molecular weight is 433 g/mol. The van der Waals surface area contributed by atoms with Gasteiger partial charge in [-0.05, 0) is 43.5 Å². The summed E-state index contributed by atoms with van der Waals surface area (Å²) in [6.45, 7) is 1.62. The number of nitrogens with zero attached hydrogens (tertiary/aromatic N) is 2. The molecule has 4 rings (SSSR count). The third-order valence-corrected chi connectivity index (χ3v) is 7.58. The third kappa shape index (κ3) is 3.50. The van der Waals surface area contributed by atoms with E-state index in [9.17, 15) is 13.2 Å². The first kappa shape index (κ1) is 18.9. The predicted octanol–water partition coefficient (Wildman–Crippen LogP) is 3.08. The first-order valence-electron chi connectivity index (χ1n) is 8.33. The van der Waals surface area contributed by atoms with Crippen LogP contribution in [0.4, 0.5) is 5.69 Å². The van der Waals surface area contributed by atoms with Crippen molar-refractivity contribution >= 4 is 60.8 Å². The number of hydrogen-bond acceptors (Lipinski definition) is 7. The van der Waals surface area contributed by atoms with Crippen LogP contribution in [-0.2, 0) is 14.8 Å². The number of hydrogen-bond donors (Lipinski definition) is 2. The molecule has 1 aromatic heterocycles. The van der Waals surface area contributed by atoms with E-state index in [-0.39, 0.29) is 16.6 Å². The van der Waals surface area contributed by atoms with E-state index in [0.29, 0.717) is 11.3 Å². The van der Waals surface area contributed by atoms with Gasteiger partial charge in [0, 0.05) is 11.3 Å². The van der Waals surface area contributed by atoms with Crippen molar-refractivity contribution < 1.29 is 13.2 Å². The maximum atomic E-state index is 12.6. The van der Waals surface area contributed by atoms with Crippen LogP contribution in [0, 0.1) is 0 Å². The lowest BCUT2D eigenvalue weighted by atomic mass is 10.2. The summed E-state index contributed by atoms with van der Waals surface area (Å²) in [6, 6.07) is 11.3. The van der Waals surface area contributed by atoms with Gasteiger partial charge >= 0.3 is 0 Å². The molecule has 0 radical (unpaired) electrons. The summed E-state index contributed by atoms with van der Waals surface area (Å²) < 4.78 is 28.7. The minimum atomic E-state index is -3.63. The number of amidine groups is 1. The summed E-state index contributed by atoms with van der Waals surface area (Å²) in [5, 5.41) is 2.83. The van der Waals surface area contributed by atoms with E-state index in [2.05, 4.69) is 20.0 Å². The second-order valence-electron chi connectivity index (χ2n) is 6.11. The van der Waals surface area contributed by atoms with Crippen molar-refractivity contribution in [3.8, 4) is 0 Å². The van der Waals surface area contributed by atoms with Crippen LogP contribution in [0.15, 0.2) is 56.7 Å². The Kier molecular flexibility index (Phi) is 4.86. The second kappa shape index (κ2) is 7.19. The van der Waals surface area contributed by atoms with Crippen molar-refractivity contribution in [3.63, 3.8) is 0 Å². The van der Waals surface area contributed by atoms with Gasteiger partial charge in [-0.1, -0.05) is 23.9 Å². The number of fused-ring (bicyclic) bond motifs is 2. The van der Waals surface area contributed by atoms with E-state index in [4.69, 9.17) is 0 Å². The van der Waals surface area contributed by atoms with E-state index in [1.807, 2.05) is 18.4 Å². The molecule has 28 heavy (non-hydrogen) atoms. The van der Waals surface area contributed by atoms with Gasteiger partial charge in [0.05, 0.1) is 15.1 Å². The Morgan fingerprint density at radius 3 is 2.86 bits per heavy atom. The Morgan fingerprint density at radius 2 is 2.07 bits per heavy atom. The Bertz CT molecular complexity index is 1220. The minimum Gasteiger partial charge on any atom is -0.324 e. The molecule has 0 spiro atoms. The lowest BCUT2D eigenvalue weighted by Gasteiger charge is -2.10. The summed E-state index contributed by atoms with van der Waals surface area (Å²) in [5.41, 5.74) is 2.00. The molecule has 10 heteroatoms. The molecule has 0 unspecified atom stereocenters. The zero-order valence-electron chi connectivity index (χ0n) is 15.0. The topological polar surface area (TPSA) is 101 Å². The van der Waals surface area contributed by atoms with Gasteiger partial charge in [0.15, 0.2) is 4.34 Å².